The number of fused-ring (bicyclic) bond motifs is 2. The van der Waals surface area contributed by atoms with Crippen LogP contribution < -0.4 is 4.90 Å². The molecule has 2 amide bonds. The van der Waals surface area contributed by atoms with Crippen LogP contribution in [-0.4, -0.2) is 28.3 Å². The van der Waals surface area contributed by atoms with Crippen molar-refractivity contribution in [2.24, 2.45) is 11.8 Å². The number of thiazole rings is 1. The average Bonchev–Trinajstić information content (AvgIpc) is 3.45. The number of hydrogen-bond donors (Lipinski definition) is 0. The van der Waals surface area contributed by atoms with Gasteiger partial charge in [-0.2, -0.15) is 0 Å². The lowest BCUT2D eigenvalue weighted by Crippen LogP contribution is -2.30. The number of imide groups is 1. The van der Waals surface area contributed by atoms with Crippen molar-refractivity contribution in [3.05, 3.63) is 53.6 Å². The molecule has 2 aromatic carbocycles. The van der Waals surface area contributed by atoms with Crippen LogP contribution in [-0.2, 0) is 9.59 Å². The van der Waals surface area contributed by atoms with Gasteiger partial charge in [0.25, 0.3) is 0 Å². The van der Waals surface area contributed by atoms with Crippen molar-refractivity contribution in [2.45, 2.75) is 68.0 Å². The van der Waals surface area contributed by atoms with E-state index in [2.05, 4.69) is 17.1 Å². The SMILES string of the molecule is O=C(CSc1nc2ccc(N3C(=O)[C@H]4CCCC[C@@H]4C3=O)cc2s1)c1ccc(C2CCCCC2)cc1. The number of carbonyl (C=O) groups is 3. The maximum atomic E-state index is 13.0. The van der Waals surface area contributed by atoms with Gasteiger partial charge in [0.1, 0.15) is 0 Å². The Labute approximate surface area is 219 Å². The first-order valence-electron chi connectivity index (χ1n) is 13.1. The van der Waals surface area contributed by atoms with Crippen LogP contribution in [0.1, 0.15) is 79.6 Å². The number of amides is 2. The second kappa shape index (κ2) is 10.1. The topological polar surface area (TPSA) is 67.3 Å². The summed E-state index contributed by atoms with van der Waals surface area (Å²) in [6.07, 6.45) is 10.1. The van der Waals surface area contributed by atoms with Gasteiger partial charge in [0.2, 0.25) is 11.8 Å². The second-order valence-electron chi connectivity index (χ2n) is 10.3. The first-order valence-corrected chi connectivity index (χ1v) is 14.9. The molecule has 0 spiro atoms. The van der Waals surface area contributed by atoms with Gasteiger partial charge in [-0.1, -0.05) is 68.1 Å². The molecule has 6 rings (SSSR count). The number of Topliss-reactive ketones (excluding diaryl/α,β-unsaturated/α-hetero) is 1. The lowest BCUT2D eigenvalue weighted by Gasteiger charge is -2.22. The Kier molecular flexibility index (Phi) is 6.69. The third kappa shape index (κ3) is 4.52. The molecular formula is C29H30N2O3S2. The molecule has 7 heteroatoms. The van der Waals surface area contributed by atoms with Gasteiger partial charge in [0, 0.05) is 5.56 Å². The Hall–Kier alpha value is -2.51. The maximum absolute atomic E-state index is 13.0. The number of ketones is 1. The van der Waals surface area contributed by atoms with E-state index in [9.17, 15) is 14.4 Å². The second-order valence-corrected chi connectivity index (χ2v) is 12.6. The summed E-state index contributed by atoms with van der Waals surface area (Å²) in [5.41, 5.74) is 3.57. The highest BCUT2D eigenvalue weighted by molar-refractivity contribution is 8.01. The van der Waals surface area contributed by atoms with E-state index >= 15 is 0 Å². The molecule has 1 aromatic heterocycles. The number of benzene rings is 2. The van der Waals surface area contributed by atoms with E-state index in [4.69, 9.17) is 0 Å². The van der Waals surface area contributed by atoms with Gasteiger partial charge in [0.05, 0.1) is 33.5 Å². The van der Waals surface area contributed by atoms with Gasteiger partial charge in [-0.05, 0) is 55.4 Å². The molecule has 186 valence electrons. The fraction of sp³-hybridized carbons (Fsp3) is 0.448. The zero-order chi connectivity index (χ0) is 24.6. The smallest absolute Gasteiger partial charge is 0.237 e. The minimum atomic E-state index is -0.155. The Balaban J connectivity index is 1.12. The predicted octanol–water partition coefficient (Wildman–Crippen LogP) is 7.00. The summed E-state index contributed by atoms with van der Waals surface area (Å²) >= 11 is 2.95. The highest BCUT2D eigenvalue weighted by atomic mass is 32.2. The van der Waals surface area contributed by atoms with E-state index in [1.165, 1.54) is 65.7 Å². The van der Waals surface area contributed by atoms with Crippen LogP contribution in [0.2, 0.25) is 0 Å². The number of nitrogens with zero attached hydrogens (tertiary/aromatic N) is 2. The van der Waals surface area contributed by atoms with E-state index in [1.807, 2.05) is 30.3 Å². The number of anilines is 1. The molecule has 0 N–H and O–H groups in total. The largest absolute Gasteiger partial charge is 0.293 e. The van der Waals surface area contributed by atoms with Crippen LogP contribution in [0.4, 0.5) is 5.69 Å². The van der Waals surface area contributed by atoms with Gasteiger partial charge in [-0.3, -0.25) is 19.3 Å². The lowest BCUT2D eigenvalue weighted by atomic mass is 9.81. The molecule has 0 bridgehead atoms. The van der Waals surface area contributed by atoms with E-state index in [0.29, 0.717) is 17.4 Å². The normalized spacial score (nSPS) is 22.8. The highest BCUT2D eigenvalue weighted by Gasteiger charge is 2.48. The zero-order valence-corrected chi connectivity index (χ0v) is 21.9. The van der Waals surface area contributed by atoms with Crippen molar-refractivity contribution >= 4 is 56.6 Å². The summed E-state index contributed by atoms with van der Waals surface area (Å²) in [5.74, 6) is 0.661. The van der Waals surface area contributed by atoms with Gasteiger partial charge >= 0.3 is 0 Å². The summed E-state index contributed by atoms with van der Waals surface area (Å²) in [7, 11) is 0. The predicted molar refractivity (Wildman–Crippen MR) is 145 cm³/mol. The molecule has 1 aliphatic heterocycles. The van der Waals surface area contributed by atoms with Crippen LogP contribution in [0.5, 0.6) is 0 Å². The van der Waals surface area contributed by atoms with E-state index < -0.39 is 0 Å². The van der Waals surface area contributed by atoms with E-state index in [-0.39, 0.29) is 29.4 Å². The summed E-state index contributed by atoms with van der Waals surface area (Å²) < 4.78 is 1.75. The standard InChI is InChI=1S/C29H30N2O3S2/c32-25(20-12-10-19(11-13-20)18-6-2-1-3-7-18)17-35-29-30-24-15-14-21(16-26(24)36-29)31-27(33)22-8-4-5-9-23(22)28(31)34/h10-16,18,22-23H,1-9,17H2/t22-,23-/m0/s1. The maximum Gasteiger partial charge on any atom is 0.237 e. The molecule has 3 aliphatic rings. The first-order chi connectivity index (χ1) is 17.6. The molecule has 0 radical (unpaired) electrons. The van der Waals surface area contributed by atoms with E-state index in [1.54, 1.807) is 0 Å². The van der Waals surface area contributed by atoms with Crippen LogP contribution >= 0.6 is 23.1 Å². The van der Waals surface area contributed by atoms with Crippen molar-refractivity contribution < 1.29 is 14.4 Å². The summed E-state index contributed by atoms with van der Waals surface area (Å²) in [6, 6.07) is 13.8. The van der Waals surface area contributed by atoms with Gasteiger partial charge in [-0.25, -0.2) is 4.98 Å². The molecule has 1 saturated heterocycles. The molecule has 2 aliphatic carbocycles. The minimum absolute atomic E-state index is 0.0525. The fourth-order valence-corrected chi connectivity index (χ4v) is 8.09. The number of thioether (sulfide) groups is 1. The van der Waals surface area contributed by atoms with Gasteiger partial charge in [-0.15, -0.1) is 11.3 Å². The monoisotopic (exact) mass is 518 g/mol. The summed E-state index contributed by atoms with van der Waals surface area (Å²) in [6.45, 7) is 0. The number of rotatable bonds is 6. The van der Waals surface area contributed by atoms with Gasteiger partial charge in [0.15, 0.2) is 10.1 Å². The molecule has 2 atom stereocenters. The van der Waals surface area contributed by atoms with E-state index in [0.717, 1.165) is 45.8 Å². The van der Waals surface area contributed by atoms with Crippen molar-refractivity contribution in [1.82, 2.24) is 4.98 Å². The third-order valence-electron chi connectivity index (χ3n) is 8.09. The number of aromatic nitrogens is 1. The highest BCUT2D eigenvalue weighted by Crippen LogP contribution is 2.41. The summed E-state index contributed by atoms with van der Waals surface area (Å²) in [4.78, 5) is 44.8. The van der Waals surface area contributed by atoms with Crippen molar-refractivity contribution in [1.29, 1.82) is 0 Å². The average molecular weight is 519 g/mol. The molecule has 3 aromatic rings. The quantitative estimate of drug-likeness (QED) is 0.200. The molecular weight excluding hydrogens is 488 g/mol. The molecule has 5 nitrogen and oxygen atoms in total. The minimum Gasteiger partial charge on any atom is -0.293 e. The molecule has 3 fully saturated rings. The van der Waals surface area contributed by atoms with Gasteiger partial charge < -0.3 is 0 Å². The van der Waals surface area contributed by atoms with Crippen molar-refractivity contribution in [3.63, 3.8) is 0 Å². The number of carbonyl (C=O) groups excluding carboxylic acids is 3. The zero-order valence-electron chi connectivity index (χ0n) is 20.3. The third-order valence-corrected chi connectivity index (χ3v) is 10.2. The van der Waals surface area contributed by atoms with Crippen LogP contribution in [0.3, 0.4) is 0 Å². The lowest BCUT2D eigenvalue weighted by molar-refractivity contribution is -0.122. The molecule has 36 heavy (non-hydrogen) atoms. The van der Waals surface area contributed by atoms with Crippen molar-refractivity contribution in [3.8, 4) is 0 Å². The molecule has 2 saturated carbocycles. The number of hydrogen-bond acceptors (Lipinski definition) is 6. The molecule has 0 unspecified atom stereocenters. The van der Waals surface area contributed by atoms with Crippen LogP contribution in [0, 0.1) is 11.8 Å². The Morgan fingerprint density at radius 3 is 2.25 bits per heavy atom. The summed E-state index contributed by atoms with van der Waals surface area (Å²) in [5, 5.41) is 0. The molecule has 2 heterocycles. The Bertz CT molecular complexity index is 1290. The van der Waals surface area contributed by atoms with Crippen LogP contribution in [0.15, 0.2) is 46.8 Å². The van der Waals surface area contributed by atoms with Crippen LogP contribution in [0.25, 0.3) is 10.2 Å². The Morgan fingerprint density at radius 2 is 1.56 bits per heavy atom. The first kappa shape index (κ1) is 23.9. The fourth-order valence-electron chi connectivity index (χ4n) is 6.10. The Morgan fingerprint density at radius 1 is 0.889 bits per heavy atom. The van der Waals surface area contributed by atoms with Crippen molar-refractivity contribution in [2.75, 3.05) is 10.7 Å².